The van der Waals surface area contributed by atoms with Crippen molar-refractivity contribution in [3.8, 4) is 0 Å². The van der Waals surface area contributed by atoms with Crippen LogP contribution in [0.5, 0.6) is 0 Å². The van der Waals surface area contributed by atoms with Gasteiger partial charge in [0.1, 0.15) is 0 Å². The molecule has 2 aliphatic heterocycles. The molecule has 2 heterocycles. The number of methoxy groups -OCH3 is 1. The van der Waals surface area contributed by atoms with Crippen molar-refractivity contribution >= 4 is 13.6 Å². The Balaban J connectivity index is 2.02. The van der Waals surface area contributed by atoms with Gasteiger partial charge in [-0.1, -0.05) is 0 Å². The highest BCUT2D eigenvalue weighted by Gasteiger charge is 2.41. The number of hydrogen-bond acceptors (Lipinski definition) is 7. The van der Waals surface area contributed by atoms with Gasteiger partial charge in [0, 0.05) is 46.3 Å². The zero-order chi connectivity index (χ0) is 22.3. The van der Waals surface area contributed by atoms with Crippen molar-refractivity contribution in [3.05, 3.63) is 0 Å². The SMILES string of the molecule is CNCCC(=O)N1C[C@@H](COP(=O)(N(C)C)N2C[C@@H](COC)O[C@@H](C)C2)O[C@@H](C)C1. The van der Waals surface area contributed by atoms with Gasteiger partial charge in [0.15, 0.2) is 0 Å². The van der Waals surface area contributed by atoms with Crippen LogP contribution < -0.4 is 5.32 Å². The molecule has 10 nitrogen and oxygen atoms in total. The lowest BCUT2D eigenvalue weighted by molar-refractivity contribution is -0.146. The first kappa shape index (κ1) is 25.7. The second-order valence-corrected chi connectivity index (χ2v) is 10.9. The summed E-state index contributed by atoms with van der Waals surface area (Å²) in [5.74, 6) is 0.0877. The molecule has 0 saturated carbocycles. The van der Waals surface area contributed by atoms with Crippen LogP contribution in [0.4, 0.5) is 0 Å². The third kappa shape index (κ3) is 6.97. The molecule has 1 unspecified atom stereocenters. The number of nitrogens with zero attached hydrogens (tertiary/aromatic N) is 3. The minimum atomic E-state index is -3.27. The molecule has 0 aliphatic carbocycles. The van der Waals surface area contributed by atoms with E-state index in [4.69, 9.17) is 18.7 Å². The lowest BCUT2D eigenvalue weighted by atomic mass is 10.2. The number of carbonyl (C=O) groups is 1. The number of ether oxygens (including phenoxy) is 3. The van der Waals surface area contributed by atoms with Gasteiger partial charge in [0.2, 0.25) is 5.91 Å². The molecule has 2 saturated heterocycles. The predicted molar refractivity (Wildman–Crippen MR) is 114 cm³/mol. The van der Waals surface area contributed by atoms with Crippen LogP contribution in [0, 0.1) is 0 Å². The molecule has 30 heavy (non-hydrogen) atoms. The van der Waals surface area contributed by atoms with Crippen molar-refractivity contribution in [1.82, 2.24) is 19.6 Å². The fraction of sp³-hybridized carbons (Fsp3) is 0.947. The van der Waals surface area contributed by atoms with Crippen molar-refractivity contribution in [2.24, 2.45) is 0 Å². The van der Waals surface area contributed by atoms with Gasteiger partial charge in [-0.25, -0.2) is 9.34 Å². The Kier molecular flexibility index (Phi) is 10.2. The van der Waals surface area contributed by atoms with E-state index < -0.39 is 7.67 Å². The predicted octanol–water partition coefficient (Wildman–Crippen LogP) is 0.634. The van der Waals surface area contributed by atoms with Crippen molar-refractivity contribution in [2.45, 2.75) is 44.7 Å². The van der Waals surface area contributed by atoms with Gasteiger partial charge in [0.25, 0.3) is 0 Å². The summed E-state index contributed by atoms with van der Waals surface area (Å²) < 4.78 is 40.4. The minimum Gasteiger partial charge on any atom is -0.382 e. The molecule has 0 aromatic rings. The van der Waals surface area contributed by atoms with E-state index in [1.807, 2.05) is 30.5 Å². The molecular weight excluding hydrogens is 411 g/mol. The fourth-order valence-electron chi connectivity index (χ4n) is 3.87. The highest BCUT2D eigenvalue weighted by molar-refractivity contribution is 7.53. The molecule has 0 spiro atoms. The number of amides is 1. The molecule has 5 atom stereocenters. The molecule has 176 valence electrons. The summed E-state index contributed by atoms with van der Waals surface area (Å²) in [7, 11) is 3.69. The van der Waals surface area contributed by atoms with Gasteiger partial charge < -0.3 is 29.0 Å². The Morgan fingerprint density at radius 2 is 1.73 bits per heavy atom. The van der Waals surface area contributed by atoms with Crippen LogP contribution in [0.25, 0.3) is 0 Å². The Bertz CT molecular complexity index is 595. The molecule has 1 amide bonds. The van der Waals surface area contributed by atoms with Crippen LogP contribution in [-0.4, -0.2) is 119 Å². The summed E-state index contributed by atoms with van der Waals surface area (Å²) in [5.41, 5.74) is 0. The first-order chi connectivity index (χ1) is 14.2. The molecule has 2 aliphatic rings. The molecule has 0 aromatic heterocycles. The van der Waals surface area contributed by atoms with Crippen molar-refractivity contribution in [3.63, 3.8) is 0 Å². The van der Waals surface area contributed by atoms with Gasteiger partial charge in [-0.2, -0.15) is 0 Å². The standard InChI is InChI=1S/C19H39N4O6P/c1-15-9-22(19(24)7-8-20-3)11-17(28-15)14-27-30(25,21(4)5)23-10-16(2)29-18(12-23)13-26-6/h15-18,20H,7-14H2,1-6H3/t15-,16-,17-,18-,30?/m0/s1. The maximum Gasteiger partial charge on any atom is 0.345 e. The van der Waals surface area contributed by atoms with Gasteiger partial charge in [-0.3, -0.25) is 9.36 Å². The van der Waals surface area contributed by atoms with Gasteiger partial charge in [-0.05, 0) is 35.0 Å². The van der Waals surface area contributed by atoms with E-state index in [0.29, 0.717) is 45.8 Å². The van der Waals surface area contributed by atoms with Crippen LogP contribution >= 0.6 is 7.67 Å². The first-order valence-corrected chi connectivity index (χ1v) is 12.1. The Morgan fingerprint density at radius 1 is 1.10 bits per heavy atom. The van der Waals surface area contributed by atoms with Crippen LogP contribution in [-0.2, 0) is 28.1 Å². The van der Waals surface area contributed by atoms with Crippen molar-refractivity contribution in [1.29, 1.82) is 0 Å². The molecular formula is C19H39N4O6P. The van der Waals surface area contributed by atoms with Gasteiger partial charge >= 0.3 is 7.67 Å². The molecule has 0 bridgehead atoms. The third-order valence-electron chi connectivity index (χ3n) is 5.22. The second kappa shape index (κ2) is 11.9. The largest absolute Gasteiger partial charge is 0.382 e. The van der Waals surface area contributed by atoms with E-state index in [1.165, 1.54) is 0 Å². The number of hydrogen-bond donors (Lipinski definition) is 1. The van der Waals surface area contributed by atoms with Crippen molar-refractivity contribution in [2.75, 3.05) is 74.2 Å². The lowest BCUT2D eigenvalue weighted by Crippen LogP contribution is -2.51. The monoisotopic (exact) mass is 450 g/mol. The molecule has 1 N–H and O–H groups in total. The maximum atomic E-state index is 13.8. The summed E-state index contributed by atoms with van der Waals surface area (Å²) in [6.07, 6.45) is -0.226. The average Bonchev–Trinajstić information content (AvgIpc) is 2.69. The van der Waals surface area contributed by atoms with Crippen molar-refractivity contribution < 1.29 is 28.1 Å². The minimum absolute atomic E-state index is 0.0815. The summed E-state index contributed by atoms with van der Waals surface area (Å²) in [4.78, 5) is 14.2. The Labute approximate surface area is 180 Å². The Hall–Kier alpha value is -0.580. The van der Waals surface area contributed by atoms with E-state index in [9.17, 15) is 9.36 Å². The first-order valence-electron chi connectivity index (χ1n) is 10.6. The Morgan fingerprint density at radius 3 is 2.33 bits per heavy atom. The normalized spacial score (nSPS) is 30.4. The van der Waals surface area contributed by atoms with Crippen LogP contribution in [0.15, 0.2) is 0 Å². The summed E-state index contributed by atoms with van der Waals surface area (Å²) >= 11 is 0. The summed E-state index contributed by atoms with van der Waals surface area (Å²) in [5, 5.41) is 3.00. The van der Waals surface area contributed by atoms with E-state index in [-0.39, 0.29) is 36.9 Å². The lowest BCUT2D eigenvalue weighted by Gasteiger charge is -2.43. The van der Waals surface area contributed by atoms with Gasteiger partial charge in [-0.15, -0.1) is 0 Å². The third-order valence-corrected chi connectivity index (χ3v) is 7.76. The van der Waals surface area contributed by atoms with E-state index in [0.717, 1.165) is 0 Å². The number of nitrogens with one attached hydrogen (secondary N) is 1. The highest BCUT2D eigenvalue weighted by atomic mass is 31.2. The van der Waals surface area contributed by atoms with Crippen LogP contribution in [0.2, 0.25) is 0 Å². The van der Waals surface area contributed by atoms with E-state index >= 15 is 0 Å². The van der Waals surface area contributed by atoms with Crippen LogP contribution in [0.3, 0.4) is 0 Å². The quantitative estimate of drug-likeness (QED) is 0.481. The zero-order valence-electron chi connectivity index (χ0n) is 19.2. The number of rotatable bonds is 10. The van der Waals surface area contributed by atoms with Crippen LogP contribution in [0.1, 0.15) is 20.3 Å². The van der Waals surface area contributed by atoms with E-state index in [1.54, 1.807) is 25.9 Å². The summed E-state index contributed by atoms with van der Waals surface area (Å²) in [6, 6.07) is 0. The fourth-order valence-corrected chi connectivity index (χ4v) is 5.95. The topological polar surface area (TPSA) is 92.8 Å². The molecule has 0 radical (unpaired) electrons. The molecule has 2 fully saturated rings. The highest BCUT2D eigenvalue weighted by Crippen LogP contribution is 2.53. The molecule has 0 aromatic carbocycles. The molecule has 11 heteroatoms. The number of morpholine rings is 2. The average molecular weight is 451 g/mol. The number of carbonyl (C=O) groups excluding carboxylic acids is 1. The molecule has 2 rings (SSSR count). The summed E-state index contributed by atoms with van der Waals surface area (Å²) in [6.45, 7) is 7.08. The maximum absolute atomic E-state index is 13.8. The van der Waals surface area contributed by atoms with E-state index in [2.05, 4.69) is 5.32 Å². The zero-order valence-corrected chi connectivity index (χ0v) is 20.1. The second-order valence-electron chi connectivity index (χ2n) is 8.25. The van der Waals surface area contributed by atoms with Gasteiger partial charge in [0.05, 0.1) is 37.6 Å². The smallest absolute Gasteiger partial charge is 0.345 e.